The Morgan fingerprint density at radius 1 is 1.33 bits per heavy atom. The van der Waals surface area contributed by atoms with E-state index in [1.165, 1.54) is 0 Å². The Labute approximate surface area is 142 Å². The van der Waals surface area contributed by atoms with Crippen molar-refractivity contribution >= 4 is 11.9 Å². The fourth-order valence-electron chi connectivity index (χ4n) is 2.56. The molecule has 0 aromatic heterocycles. The zero-order valence-corrected chi connectivity index (χ0v) is 14.4. The number of hydrogen-bond acceptors (Lipinski definition) is 4. The fraction of sp³-hybridized carbons (Fsp3) is 0.556. The van der Waals surface area contributed by atoms with Gasteiger partial charge in [0.15, 0.2) is 11.5 Å². The van der Waals surface area contributed by atoms with Gasteiger partial charge < -0.3 is 19.9 Å². The van der Waals surface area contributed by atoms with Gasteiger partial charge in [-0.05, 0) is 37.5 Å². The summed E-state index contributed by atoms with van der Waals surface area (Å²) in [4.78, 5) is 22.9. The van der Waals surface area contributed by atoms with E-state index in [2.05, 4.69) is 12.2 Å². The number of carboxylic acid groups (broad SMARTS) is 1. The first kappa shape index (κ1) is 18.1. The molecule has 6 heteroatoms. The minimum atomic E-state index is -0.905. The molecule has 1 aliphatic rings. The predicted molar refractivity (Wildman–Crippen MR) is 89.2 cm³/mol. The molecule has 0 heterocycles. The van der Waals surface area contributed by atoms with Crippen molar-refractivity contribution in [2.24, 2.45) is 11.8 Å². The summed E-state index contributed by atoms with van der Waals surface area (Å²) in [5.74, 6) is -0.763. The Hall–Kier alpha value is -2.24. The molecule has 1 aliphatic carbocycles. The molecule has 0 radical (unpaired) electrons. The van der Waals surface area contributed by atoms with Crippen molar-refractivity contribution in [2.45, 2.75) is 39.2 Å². The maximum Gasteiger partial charge on any atom is 0.307 e. The molecule has 1 aromatic rings. The summed E-state index contributed by atoms with van der Waals surface area (Å²) in [6, 6.07) is 5.33. The molecule has 6 nitrogen and oxygen atoms in total. The number of nitrogens with one attached hydrogen (secondary N) is 1. The molecule has 24 heavy (non-hydrogen) atoms. The number of hydrogen-bond donors (Lipinski definition) is 2. The van der Waals surface area contributed by atoms with Gasteiger partial charge in [0, 0.05) is 0 Å². The lowest BCUT2D eigenvalue weighted by Gasteiger charge is -2.17. The van der Waals surface area contributed by atoms with Crippen molar-refractivity contribution in [1.29, 1.82) is 0 Å². The normalized spacial score (nSPS) is 20.1. The summed E-state index contributed by atoms with van der Waals surface area (Å²) < 4.78 is 11.1. The molecule has 1 fully saturated rings. The van der Waals surface area contributed by atoms with Crippen LogP contribution in [0.2, 0.25) is 0 Å². The number of carbonyl (C=O) groups excluding carboxylic acids is 1. The second kappa shape index (κ2) is 8.04. The van der Waals surface area contributed by atoms with E-state index < -0.39 is 17.8 Å². The van der Waals surface area contributed by atoms with Gasteiger partial charge in [-0.1, -0.05) is 19.4 Å². The number of carboxylic acids is 1. The van der Waals surface area contributed by atoms with E-state index in [-0.39, 0.29) is 11.9 Å². The molecule has 1 aromatic carbocycles. The van der Waals surface area contributed by atoms with Gasteiger partial charge in [0.05, 0.1) is 31.6 Å². The quantitative estimate of drug-likeness (QED) is 0.678. The summed E-state index contributed by atoms with van der Waals surface area (Å²) in [5, 5.41) is 11.8. The highest BCUT2D eigenvalue weighted by Crippen LogP contribution is 2.39. The summed E-state index contributed by atoms with van der Waals surface area (Å²) in [6.45, 7) is 4.60. The average Bonchev–Trinajstić information content (AvgIpc) is 3.36. The van der Waals surface area contributed by atoms with Crippen LogP contribution >= 0.6 is 0 Å². The molecule has 132 valence electrons. The maximum absolute atomic E-state index is 12.1. The van der Waals surface area contributed by atoms with E-state index in [0.29, 0.717) is 24.5 Å². The molecule has 1 saturated carbocycles. The number of ether oxygens (including phenoxy) is 2. The van der Waals surface area contributed by atoms with Crippen LogP contribution in [0.15, 0.2) is 18.2 Å². The lowest BCUT2D eigenvalue weighted by molar-refractivity contribution is -0.140. The zero-order valence-electron chi connectivity index (χ0n) is 14.4. The third kappa shape index (κ3) is 4.40. The highest BCUT2D eigenvalue weighted by Gasteiger charge is 2.48. The monoisotopic (exact) mass is 335 g/mol. The minimum absolute atomic E-state index is 0.211. The number of benzene rings is 1. The molecule has 0 saturated heterocycles. The van der Waals surface area contributed by atoms with Crippen LogP contribution in [0, 0.1) is 11.8 Å². The average molecular weight is 335 g/mol. The van der Waals surface area contributed by atoms with Crippen LogP contribution in [-0.4, -0.2) is 30.7 Å². The number of carbonyl (C=O) groups is 2. The van der Waals surface area contributed by atoms with E-state index in [1.54, 1.807) is 7.11 Å². The maximum atomic E-state index is 12.1. The van der Waals surface area contributed by atoms with Crippen LogP contribution in [0.4, 0.5) is 0 Å². The Balaban J connectivity index is 1.97. The number of unbranched alkanes of at least 4 members (excludes halogenated alkanes) is 1. The van der Waals surface area contributed by atoms with Gasteiger partial charge in [-0.15, -0.1) is 0 Å². The topological polar surface area (TPSA) is 84.9 Å². The van der Waals surface area contributed by atoms with Crippen molar-refractivity contribution in [2.75, 3.05) is 13.7 Å². The molecule has 3 atom stereocenters. The Morgan fingerprint density at radius 2 is 2.08 bits per heavy atom. The molecule has 2 N–H and O–H groups in total. The van der Waals surface area contributed by atoms with Crippen LogP contribution < -0.4 is 14.8 Å². The predicted octanol–water partition coefficient (Wildman–Crippen LogP) is 2.77. The van der Waals surface area contributed by atoms with Gasteiger partial charge in [-0.2, -0.15) is 0 Å². The number of amides is 1. The largest absolute Gasteiger partial charge is 0.493 e. The molecule has 1 amide bonds. The standard InChI is InChI=1S/C18H25NO5/c1-4-5-8-24-15-7-6-12(9-16(15)23-3)11(2)19-17(20)13-10-14(13)18(21)22/h6-7,9,11,13-14H,4-5,8,10H2,1-3H3,(H,19,20)(H,21,22). The second-order valence-corrected chi connectivity index (χ2v) is 6.13. The lowest BCUT2D eigenvalue weighted by atomic mass is 10.1. The van der Waals surface area contributed by atoms with Gasteiger partial charge in [-0.25, -0.2) is 0 Å². The van der Waals surface area contributed by atoms with Crippen molar-refractivity contribution in [1.82, 2.24) is 5.32 Å². The number of aliphatic carboxylic acids is 1. The van der Waals surface area contributed by atoms with Crippen molar-refractivity contribution in [3.63, 3.8) is 0 Å². The lowest BCUT2D eigenvalue weighted by Crippen LogP contribution is -2.29. The third-order valence-electron chi connectivity index (χ3n) is 4.25. The smallest absolute Gasteiger partial charge is 0.307 e. The highest BCUT2D eigenvalue weighted by atomic mass is 16.5. The van der Waals surface area contributed by atoms with E-state index in [4.69, 9.17) is 14.6 Å². The van der Waals surface area contributed by atoms with Crippen LogP contribution in [-0.2, 0) is 9.59 Å². The molecule has 0 bridgehead atoms. The molecule has 2 rings (SSSR count). The first-order valence-corrected chi connectivity index (χ1v) is 8.31. The van der Waals surface area contributed by atoms with Gasteiger partial charge in [0.25, 0.3) is 0 Å². The van der Waals surface area contributed by atoms with Crippen LogP contribution in [0.5, 0.6) is 11.5 Å². The van der Waals surface area contributed by atoms with E-state index in [1.807, 2.05) is 25.1 Å². The summed E-state index contributed by atoms with van der Waals surface area (Å²) in [7, 11) is 1.58. The second-order valence-electron chi connectivity index (χ2n) is 6.13. The number of methoxy groups -OCH3 is 1. The molecule has 3 unspecified atom stereocenters. The van der Waals surface area contributed by atoms with Gasteiger partial charge in [0.2, 0.25) is 5.91 Å². The molecular weight excluding hydrogens is 310 g/mol. The van der Waals surface area contributed by atoms with Crippen LogP contribution in [0.3, 0.4) is 0 Å². The fourth-order valence-corrected chi connectivity index (χ4v) is 2.56. The van der Waals surface area contributed by atoms with Gasteiger partial charge >= 0.3 is 5.97 Å². The Kier molecular flexibility index (Phi) is 6.06. The van der Waals surface area contributed by atoms with Crippen molar-refractivity contribution in [3.8, 4) is 11.5 Å². The number of rotatable bonds is 9. The summed E-state index contributed by atoms with van der Waals surface area (Å²) in [6.07, 6.45) is 2.45. The summed E-state index contributed by atoms with van der Waals surface area (Å²) in [5.41, 5.74) is 0.885. The van der Waals surface area contributed by atoms with Crippen LogP contribution in [0.1, 0.15) is 44.7 Å². The summed E-state index contributed by atoms with van der Waals surface area (Å²) >= 11 is 0. The zero-order chi connectivity index (χ0) is 17.7. The van der Waals surface area contributed by atoms with E-state index in [9.17, 15) is 9.59 Å². The highest BCUT2D eigenvalue weighted by molar-refractivity contribution is 5.89. The van der Waals surface area contributed by atoms with Crippen molar-refractivity contribution in [3.05, 3.63) is 23.8 Å². The third-order valence-corrected chi connectivity index (χ3v) is 4.25. The van der Waals surface area contributed by atoms with E-state index in [0.717, 1.165) is 18.4 Å². The van der Waals surface area contributed by atoms with Gasteiger partial charge in [0.1, 0.15) is 0 Å². The van der Waals surface area contributed by atoms with Crippen molar-refractivity contribution < 1.29 is 24.2 Å². The molecule has 0 spiro atoms. The molecular formula is C18H25NO5. The Bertz CT molecular complexity index is 601. The first-order valence-electron chi connectivity index (χ1n) is 8.31. The van der Waals surface area contributed by atoms with Crippen LogP contribution in [0.25, 0.3) is 0 Å². The van der Waals surface area contributed by atoms with Gasteiger partial charge in [-0.3, -0.25) is 9.59 Å². The minimum Gasteiger partial charge on any atom is -0.493 e. The first-order chi connectivity index (χ1) is 11.5. The SMILES string of the molecule is CCCCOc1ccc(C(C)NC(=O)C2CC2C(=O)O)cc1OC. The Morgan fingerprint density at radius 3 is 2.67 bits per heavy atom. The van der Waals surface area contributed by atoms with E-state index >= 15 is 0 Å². The molecule has 0 aliphatic heterocycles.